The lowest BCUT2D eigenvalue weighted by Crippen LogP contribution is -2.48. The number of carbonyl (C=O) groups excluding carboxylic acids is 2. The summed E-state index contributed by atoms with van der Waals surface area (Å²) in [6.45, 7) is 10.4. The molecule has 0 N–H and O–H groups in total. The van der Waals surface area contributed by atoms with Crippen molar-refractivity contribution in [3.63, 3.8) is 0 Å². The number of nitrogens with zero attached hydrogens (tertiary/aromatic N) is 2. The third-order valence-electron chi connectivity index (χ3n) is 3.28. The second-order valence-corrected chi connectivity index (χ2v) is 6.18. The van der Waals surface area contributed by atoms with Gasteiger partial charge in [-0.25, -0.2) is 9.59 Å². The molecule has 1 fully saturated rings. The van der Waals surface area contributed by atoms with Gasteiger partial charge in [-0.15, -0.1) is 0 Å². The summed E-state index contributed by atoms with van der Waals surface area (Å²) in [5, 5.41) is 0. The van der Waals surface area contributed by atoms with Crippen molar-refractivity contribution in [2.24, 2.45) is 0 Å². The van der Waals surface area contributed by atoms with Crippen LogP contribution in [0.1, 0.15) is 33.6 Å². The topological polar surface area (TPSA) is 59.1 Å². The number of hydrogen-bond donors (Lipinski definition) is 0. The second-order valence-electron chi connectivity index (χ2n) is 6.18. The molecule has 0 spiro atoms. The molecule has 21 heavy (non-hydrogen) atoms. The normalized spacial score (nSPS) is 16.3. The molecule has 1 saturated heterocycles. The Balaban J connectivity index is 2.43. The number of likely N-dealkylation sites (tertiary alicyclic amines) is 1. The molecule has 1 rings (SSSR count). The van der Waals surface area contributed by atoms with E-state index in [1.165, 1.54) is 6.08 Å². The largest absolute Gasteiger partial charge is 0.445 e. The fourth-order valence-corrected chi connectivity index (χ4v) is 2.14. The van der Waals surface area contributed by atoms with Crippen molar-refractivity contribution < 1.29 is 19.1 Å². The minimum absolute atomic E-state index is 0.0843. The minimum Gasteiger partial charge on any atom is -0.445 e. The van der Waals surface area contributed by atoms with Gasteiger partial charge in [-0.3, -0.25) is 0 Å². The van der Waals surface area contributed by atoms with Crippen LogP contribution in [0.2, 0.25) is 0 Å². The molecule has 2 amide bonds. The van der Waals surface area contributed by atoms with Crippen molar-refractivity contribution in [1.29, 1.82) is 0 Å². The Morgan fingerprint density at radius 2 is 1.90 bits per heavy atom. The molecule has 0 aromatic carbocycles. The maximum atomic E-state index is 12.0. The number of amides is 2. The molecule has 1 heterocycles. The van der Waals surface area contributed by atoms with Gasteiger partial charge in [-0.05, 0) is 33.6 Å². The van der Waals surface area contributed by atoms with Gasteiger partial charge in [0.2, 0.25) is 0 Å². The van der Waals surface area contributed by atoms with E-state index >= 15 is 0 Å². The smallest absolute Gasteiger partial charge is 0.410 e. The zero-order chi connectivity index (χ0) is 16.0. The number of hydrogen-bond acceptors (Lipinski definition) is 4. The molecule has 1 aliphatic rings. The molecule has 0 aliphatic carbocycles. The number of carbonyl (C=O) groups is 2. The maximum absolute atomic E-state index is 12.0. The molecule has 0 aromatic rings. The van der Waals surface area contributed by atoms with E-state index in [1.807, 2.05) is 20.8 Å². The highest BCUT2D eigenvalue weighted by atomic mass is 16.6. The highest BCUT2D eigenvalue weighted by Gasteiger charge is 2.30. The molecule has 6 heteroatoms. The first kappa shape index (κ1) is 17.3. The summed E-state index contributed by atoms with van der Waals surface area (Å²) in [5.74, 6) is 0. The molecule has 0 unspecified atom stereocenters. The Kier molecular flexibility index (Phi) is 6.05. The number of ether oxygens (including phenoxy) is 2. The van der Waals surface area contributed by atoms with Crippen LogP contribution in [0, 0.1) is 0 Å². The first-order chi connectivity index (χ1) is 9.74. The zero-order valence-corrected chi connectivity index (χ0v) is 13.4. The van der Waals surface area contributed by atoms with Gasteiger partial charge < -0.3 is 19.3 Å². The van der Waals surface area contributed by atoms with Crippen LogP contribution in [0.3, 0.4) is 0 Å². The summed E-state index contributed by atoms with van der Waals surface area (Å²) in [4.78, 5) is 27.0. The lowest BCUT2D eigenvalue weighted by Gasteiger charge is -2.36. The number of rotatable bonds is 3. The van der Waals surface area contributed by atoms with Gasteiger partial charge in [-0.2, -0.15) is 0 Å². The van der Waals surface area contributed by atoms with E-state index in [2.05, 4.69) is 6.58 Å². The SMILES string of the molecule is C=CCOC(=O)N(C)C1CCN(C(=O)OC(C)(C)C)CC1. The van der Waals surface area contributed by atoms with Crippen LogP contribution < -0.4 is 0 Å². The van der Waals surface area contributed by atoms with Crippen molar-refractivity contribution in [2.45, 2.75) is 45.3 Å². The van der Waals surface area contributed by atoms with Gasteiger partial charge in [0.1, 0.15) is 12.2 Å². The van der Waals surface area contributed by atoms with Crippen LogP contribution >= 0.6 is 0 Å². The summed E-state index contributed by atoms with van der Waals surface area (Å²) >= 11 is 0. The van der Waals surface area contributed by atoms with E-state index in [0.29, 0.717) is 13.1 Å². The van der Waals surface area contributed by atoms with E-state index < -0.39 is 5.60 Å². The third kappa shape index (κ3) is 5.65. The van der Waals surface area contributed by atoms with E-state index in [4.69, 9.17) is 9.47 Å². The predicted octanol–water partition coefficient (Wildman–Crippen LogP) is 2.64. The quantitative estimate of drug-likeness (QED) is 0.752. The Bertz CT molecular complexity index is 382. The summed E-state index contributed by atoms with van der Waals surface area (Å²) in [6, 6.07) is 0.0843. The molecule has 6 nitrogen and oxygen atoms in total. The Hall–Kier alpha value is -1.72. The van der Waals surface area contributed by atoms with Crippen molar-refractivity contribution in [3.8, 4) is 0 Å². The van der Waals surface area contributed by atoms with Crippen molar-refractivity contribution in [3.05, 3.63) is 12.7 Å². The molecule has 120 valence electrons. The van der Waals surface area contributed by atoms with Gasteiger partial charge in [0.05, 0.1) is 0 Å². The molecule has 0 atom stereocenters. The summed E-state index contributed by atoms with van der Waals surface area (Å²) in [7, 11) is 1.72. The summed E-state index contributed by atoms with van der Waals surface area (Å²) in [6.07, 6.45) is 2.33. The highest BCUT2D eigenvalue weighted by molar-refractivity contribution is 5.69. The van der Waals surface area contributed by atoms with Crippen LogP contribution in [0.25, 0.3) is 0 Å². The maximum Gasteiger partial charge on any atom is 0.410 e. The summed E-state index contributed by atoms with van der Waals surface area (Å²) in [5.41, 5.74) is -0.487. The standard InChI is InChI=1S/C15H26N2O4/c1-6-11-20-13(18)16(5)12-7-9-17(10-8-12)14(19)21-15(2,3)4/h6,12H,1,7-11H2,2-5H3. The number of piperidine rings is 1. The Labute approximate surface area is 126 Å². The Morgan fingerprint density at radius 3 is 2.38 bits per heavy atom. The average molecular weight is 298 g/mol. The molecular formula is C15H26N2O4. The predicted molar refractivity (Wildman–Crippen MR) is 80.1 cm³/mol. The zero-order valence-electron chi connectivity index (χ0n) is 13.4. The van der Waals surface area contributed by atoms with E-state index in [-0.39, 0.29) is 24.8 Å². The molecule has 1 aliphatic heterocycles. The van der Waals surface area contributed by atoms with Crippen molar-refractivity contribution in [1.82, 2.24) is 9.80 Å². The Morgan fingerprint density at radius 1 is 1.33 bits per heavy atom. The minimum atomic E-state index is -0.487. The van der Waals surface area contributed by atoms with Crippen LogP contribution in [0.5, 0.6) is 0 Å². The first-order valence-corrected chi connectivity index (χ1v) is 7.23. The van der Waals surface area contributed by atoms with Gasteiger partial charge >= 0.3 is 12.2 Å². The second kappa shape index (κ2) is 7.33. The lowest BCUT2D eigenvalue weighted by atomic mass is 10.0. The third-order valence-corrected chi connectivity index (χ3v) is 3.28. The summed E-state index contributed by atoms with van der Waals surface area (Å²) < 4.78 is 10.4. The highest BCUT2D eigenvalue weighted by Crippen LogP contribution is 2.18. The van der Waals surface area contributed by atoms with Gasteiger partial charge in [-0.1, -0.05) is 12.7 Å². The van der Waals surface area contributed by atoms with Crippen molar-refractivity contribution in [2.75, 3.05) is 26.7 Å². The monoisotopic (exact) mass is 298 g/mol. The van der Waals surface area contributed by atoms with Crippen molar-refractivity contribution >= 4 is 12.2 Å². The molecule has 0 bridgehead atoms. The van der Waals surface area contributed by atoms with Crippen LogP contribution in [-0.2, 0) is 9.47 Å². The fraction of sp³-hybridized carbons (Fsp3) is 0.733. The van der Waals surface area contributed by atoms with Crippen LogP contribution in [0.15, 0.2) is 12.7 Å². The average Bonchev–Trinajstić information content (AvgIpc) is 2.42. The molecule has 0 radical (unpaired) electrons. The van der Waals surface area contributed by atoms with E-state index in [9.17, 15) is 9.59 Å². The molecule has 0 aromatic heterocycles. The first-order valence-electron chi connectivity index (χ1n) is 7.23. The molecule has 0 saturated carbocycles. The van der Waals surface area contributed by atoms with Gasteiger partial charge in [0.15, 0.2) is 0 Å². The van der Waals surface area contributed by atoms with Crippen LogP contribution in [0.4, 0.5) is 9.59 Å². The van der Waals surface area contributed by atoms with E-state index in [0.717, 1.165) is 12.8 Å². The van der Waals surface area contributed by atoms with Gasteiger partial charge in [0, 0.05) is 26.2 Å². The van der Waals surface area contributed by atoms with E-state index in [1.54, 1.807) is 16.8 Å². The van der Waals surface area contributed by atoms with Gasteiger partial charge in [0.25, 0.3) is 0 Å². The van der Waals surface area contributed by atoms with Crippen LogP contribution in [-0.4, -0.2) is 60.4 Å². The molecular weight excluding hydrogens is 272 g/mol. The lowest BCUT2D eigenvalue weighted by molar-refractivity contribution is 0.0156. The fourth-order valence-electron chi connectivity index (χ4n) is 2.14.